The monoisotopic (exact) mass is 370 g/mol. The number of anilines is 1. The van der Waals surface area contributed by atoms with Gasteiger partial charge in [-0.05, 0) is 31.0 Å². The quantitative estimate of drug-likeness (QED) is 0.827. The Morgan fingerprint density at radius 2 is 1.92 bits per heavy atom. The molecule has 2 fully saturated rings. The summed E-state index contributed by atoms with van der Waals surface area (Å²) in [4.78, 5) is 39.2. The zero-order valence-corrected chi connectivity index (χ0v) is 14.3. The van der Waals surface area contributed by atoms with Gasteiger partial charge in [0.15, 0.2) is 0 Å². The SMILES string of the molecule is O=C(O)C1CCN(C(=O)C2CCN(c3cc(Cl)ccc3Cl)C2=O)C1. The molecule has 1 N–H and O–H groups in total. The fourth-order valence-corrected chi connectivity index (χ4v) is 3.61. The Morgan fingerprint density at radius 1 is 1.17 bits per heavy atom. The first-order chi connectivity index (χ1) is 11.4. The van der Waals surface area contributed by atoms with Crippen molar-refractivity contribution in [1.29, 1.82) is 0 Å². The van der Waals surface area contributed by atoms with Gasteiger partial charge in [0.25, 0.3) is 0 Å². The van der Waals surface area contributed by atoms with E-state index in [4.69, 9.17) is 28.3 Å². The van der Waals surface area contributed by atoms with Crippen LogP contribution in [0.1, 0.15) is 12.8 Å². The van der Waals surface area contributed by atoms with Crippen LogP contribution < -0.4 is 4.90 Å². The maximum absolute atomic E-state index is 12.6. The smallest absolute Gasteiger partial charge is 0.308 e. The number of carboxylic acids is 1. The molecule has 0 aliphatic carbocycles. The van der Waals surface area contributed by atoms with Crippen LogP contribution in [-0.4, -0.2) is 47.4 Å². The first-order valence-electron chi connectivity index (χ1n) is 7.66. The first kappa shape index (κ1) is 17.0. The number of amides is 2. The van der Waals surface area contributed by atoms with Gasteiger partial charge in [-0.3, -0.25) is 14.4 Å². The summed E-state index contributed by atoms with van der Waals surface area (Å²) in [7, 11) is 0. The summed E-state index contributed by atoms with van der Waals surface area (Å²) in [6.45, 7) is 0.916. The highest BCUT2D eigenvalue weighted by Gasteiger charge is 2.42. The second-order valence-electron chi connectivity index (χ2n) is 6.03. The molecule has 2 amide bonds. The van der Waals surface area contributed by atoms with Crippen molar-refractivity contribution in [2.24, 2.45) is 11.8 Å². The Bertz CT molecular complexity index is 709. The van der Waals surface area contributed by atoms with E-state index in [1.807, 2.05) is 0 Å². The average molecular weight is 371 g/mol. The molecule has 0 radical (unpaired) electrons. The fourth-order valence-electron chi connectivity index (χ4n) is 3.22. The van der Waals surface area contributed by atoms with E-state index in [1.165, 1.54) is 9.80 Å². The molecule has 8 heteroatoms. The van der Waals surface area contributed by atoms with Gasteiger partial charge in [0, 0.05) is 24.7 Å². The van der Waals surface area contributed by atoms with Gasteiger partial charge >= 0.3 is 5.97 Å². The molecule has 0 aromatic heterocycles. The van der Waals surface area contributed by atoms with E-state index < -0.39 is 17.8 Å². The van der Waals surface area contributed by atoms with Crippen molar-refractivity contribution >= 4 is 46.7 Å². The molecule has 2 atom stereocenters. The minimum atomic E-state index is -0.907. The maximum atomic E-state index is 12.6. The van der Waals surface area contributed by atoms with Gasteiger partial charge in [-0.2, -0.15) is 0 Å². The number of halogens is 2. The van der Waals surface area contributed by atoms with Gasteiger partial charge in [-0.1, -0.05) is 23.2 Å². The lowest BCUT2D eigenvalue weighted by atomic mass is 10.1. The van der Waals surface area contributed by atoms with Crippen LogP contribution in [0.25, 0.3) is 0 Å². The summed E-state index contributed by atoms with van der Waals surface area (Å²) in [6, 6.07) is 4.84. The van der Waals surface area contributed by atoms with Crippen LogP contribution in [0.15, 0.2) is 18.2 Å². The molecule has 0 saturated carbocycles. The van der Waals surface area contributed by atoms with Gasteiger partial charge < -0.3 is 14.9 Å². The van der Waals surface area contributed by atoms with Gasteiger partial charge in [0.2, 0.25) is 11.8 Å². The number of nitrogens with zero attached hydrogens (tertiary/aromatic N) is 2. The Hall–Kier alpha value is -1.79. The van der Waals surface area contributed by atoms with Crippen molar-refractivity contribution in [2.75, 3.05) is 24.5 Å². The van der Waals surface area contributed by atoms with Crippen LogP contribution in [0.2, 0.25) is 10.0 Å². The van der Waals surface area contributed by atoms with Crippen LogP contribution in [-0.2, 0) is 14.4 Å². The summed E-state index contributed by atoms with van der Waals surface area (Å²) in [5, 5.41) is 9.89. The molecule has 128 valence electrons. The second-order valence-corrected chi connectivity index (χ2v) is 6.88. The molecule has 2 saturated heterocycles. The van der Waals surface area contributed by atoms with Crippen LogP contribution in [0.5, 0.6) is 0 Å². The number of hydrogen-bond acceptors (Lipinski definition) is 3. The third-order valence-electron chi connectivity index (χ3n) is 4.55. The van der Waals surface area contributed by atoms with E-state index in [-0.39, 0.29) is 18.4 Å². The molecule has 2 aliphatic heterocycles. The largest absolute Gasteiger partial charge is 0.481 e. The number of hydrogen-bond donors (Lipinski definition) is 1. The van der Waals surface area contributed by atoms with Crippen molar-refractivity contribution in [3.05, 3.63) is 28.2 Å². The fraction of sp³-hybridized carbons (Fsp3) is 0.438. The lowest BCUT2D eigenvalue weighted by molar-refractivity contribution is -0.142. The second kappa shape index (κ2) is 6.61. The number of benzene rings is 1. The van der Waals surface area contributed by atoms with Crippen molar-refractivity contribution in [2.45, 2.75) is 12.8 Å². The topological polar surface area (TPSA) is 77.9 Å². The summed E-state index contributed by atoms with van der Waals surface area (Å²) < 4.78 is 0. The molecule has 1 aromatic carbocycles. The first-order valence-corrected chi connectivity index (χ1v) is 8.42. The number of carbonyl (C=O) groups is 3. The van der Waals surface area contributed by atoms with Crippen LogP contribution in [0.3, 0.4) is 0 Å². The third kappa shape index (κ3) is 3.08. The molecule has 2 heterocycles. The minimum absolute atomic E-state index is 0.163. The van der Waals surface area contributed by atoms with E-state index in [2.05, 4.69) is 0 Å². The van der Waals surface area contributed by atoms with E-state index in [0.29, 0.717) is 41.7 Å². The minimum Gasteiger partial charge on any atom is -0.481 e. The third-order valence-corrected chi connectivity index (χ3v) is 5.11. The highest BCUT2D eigenvalue weighted by atomic mass is 35.5. The van der Waals surface area contributed by atoms with Crippen molar-refractivity contribution in [1.82, 2.24) is 4.90 Å². The number of carboxylic acid groups (broad SMARTS) is 1. The van der Waals surface area contributed by atoms with Crippen molar-refractivity contribution in [3.63, 3.8) is 0 Å². The van der Waals surface area contributed by atoms with E-state index >= 15 is 0 Å². The van der Waals surface area contributed by atoms with Crippen molar-refractivity contribution < 1.29 is 19.5 Å². The maximum Gasteiger partial charge on any atom is 0.308 e. The average Bonchev–Trinajstić information content (AvgIpc) is 3.16. The molecule has 6 nitrogen and oxygen atoms in total. The molecule has 0 bridgehead atoms. The van der Waals surface area contributed by atoms with E-state index in [9.17, 15) is 14.4 Å². The lowest BCUT2D eigenvalue weighted by Gasteiger charge is -2.21. The lowest BCUT2D eigenvalue weighted by Crippen LogP contribution is -2.39. The van der Waals surface area contributed by atoms with Crippen molar-refractivity contribution in [3.8, 4) is 0 Å². The molecule has 0 spiro atoms. The zero-order chi connectivity index (χ0) is 17.4. The van der Waals surface area contributed by atoms with Gasteiger partial charge in [0.05, 0.1) is 16.6 Å². The Balaban J connectivity index is 1.73. The predicted octanol–water partition coefficient (Wildman–Crippen LogP) is 2.28. The molecular weight excluding hydrogens is 355 g/mol. The molecule has 3 rings (SSSR count). The molecule has 2 aliphatic rings. The predicted molar refractivity (Wildman–Crippen MR) is 89.2 cm³/mol. The van der Waals surface area contributed by atoms with Gasteiger partial charge in [-0.25, -0.2) is 0 Å². The summed E-state index contributed by atoms with van der Waals surface area (Å²) in [5.74, 6) is -2.86. The number of carbonyl (C=O) groups excluding carboxylic acids is 2. The molecule has 24 heavy (non-hydrogen) atoms. The summed E-state index contributed by atoms with van der Waals surface area (Å²) >= 11 is 12.1. The Labute approximate surface area is 148 Å². The van der Waals surface area contributed by atoms with Crippen LogP contribution in [0.4, 0.5) is 5.69 Å². The molecule has 1 aromatic rings. The molecule has 2 unspecified atom stereocenters. The normalized spacial score (nSPS) is 23.8. The van der Waals surface area contributed by atoms with E-state index in [0.717, 1.165) is 0 Å². The standard InChI is InChI=1S/C16H16Cl2N2O4/c17-10-1-2-12(18)13(7-10)20-6-4-11(15(20)22)14(21)19-5-3-9(8-19)16(23)24/h1-2,7,9,11H,3-6,8H2,(H,23,24). The van der Waals surface area contributed by atoms with Gasteiger partial charge in [-0.15, -0.1) is 0 Å². The summed E-state index contributed by atoms with van der Waals surface area (Å²) in [5.41, 5.74) is 0.495. The highest BCUT2D eigenvalue weighted by molar-refractivity contribution is 6.36. The number of likely N-dealkylation sites (tertiary alicyclic amines) is 1. The van der Waals surface area contributed by atoms with Crippen LogP contribution >= 0.6 is 23.2 Å². The number of aliphatic carboxylic acids is 1. The number of rotatable bonds is 3. The van der Waals surface area contributed by atoms with Gasteiger partial charge in [0.1, 0.15) is 5.92 Å². The van der Waals surface area contributed by atoms with Crippen LogP contribution in [0, 0.1) is 11.8 Å². The Morgan fingerprint density at radius 3 is 2.58 bits per heavy atom. The Kier molecular flexibility index (Phi) is 4.69. The molecular formula is C16H16Cl2N2O4. The zero-order valence-electron chi connectivity index (χ0n) is 12.7. The van der Waals surface area contributed by atoms with E-state index in [1.54, 1.807) is 18.2 Å². The summed E-state index contributed by atoms with van der Waals surface area (Å²) in [6.07, 6.45) is 0.806. The highest BCUT2D eigenvalue weighted by Crippen LogP contribution is 2.34.